The van der Waals surface area contributed by atoms with Gasteiger partial charge in [-0.25, -0.2) is 0 Å². The van der Waals surface area contributed by atoms with Gasteiger partial charge in [0.1, 0.15) is 11.3 Å². The van der Waals surface area contributed by atoms with Crippen LogP contribution in [0.3, 0.4) is 0 Å². The Kier molecular flexibility index (Phi) is 5.44. The minimum Gasteiger partial charge on any atom is -0.484 e. The molecule has 3 aromatic heterocycles. The van der Waals surface area contributed by atoms with Crippen molar-refractivity contribution in [3.05, 3.63) is 52.3 Å². The van der Waals surface area contributed by atoms with E-state index in [2.05, 4.69) is 38.2 Å². The molecule has 5 aromatic rings. The Morgan fingerprint density at radius 1 is 1.21 bits per heavy atom. The molecule has 1 N–H and O–H groups in total. The number of carbonyl (C=O) groups excluding carboxylic acids is 2. The zero-order valence-corrected chi connectivity index (χ0v) is 22.8. The number of fused-ring (bicyclic) bond motifs is 10. The monoisotopic (exact) mass is 541 g/mol. The summed E-state index contributed by atoms with van der Waals surface area (Å²) in [5, 5.41) is 18.3. The molecule has 2 aliphatic rings. The van der Waals surface area contributed by atoms with Crippen molar-refractivity contribution in [1.29, 1.82) is 0 Å². The second-order valence-electron chi connectivity index (χ2n) is 9.85. The van der Waals surface area contributed by atoms with Gasteiger partial charge in [0.2, 0.25) is 5.13 Å². The van der Waals surface area contributed by atoms with Crippen LogP contribution in [-0.4, -0.2) is 49.5 Å². The van der Waals surface area contributed by atoms with E-state index < -0.39 is 0 Å². The van der Waals surface area contributed by atoms with Gasteiger partial charge in [0.05, 0.1) is 16.8 Å². The number of hydrogen-bond acceptors (Lipinski definition) is 7. The second-order valence-corrected chi connectivity index (χ2v) is 10.7. The van der Waals surface area contributed by atoms with Gasteiger partial charge in [-0.05, 0) is 56.0 Å². The molecule has 0 spiro atoms. The first kappa shape index (κ1) is 23.8. The van der Waals surface area contributed by atoms with Crippen molar-refractivity contribution in [1.82, 2.24) is 29.9 Å². The summed E-state index contributed by atoms with van der Waals surface area (Å²) >= 11 is 1.32. The zero-order chi connectivity index (χ0) is 26.8. The van der Waals surface area contributed by atoms with E-state index in [1.54, 1.807) is 10.4 Å². The lowest BCUT2D eigenvalue weighted by atomic mass is 9.82. The smallest absolute Gasteiger partial charge is 0.266 e. The van der Waals surface area contributed by atoms with Crippen LogP contribution >= 0.6 is 11.3 Å². The standard InChI is InChI=1S/C28H27N7O3S/c1-4-34-21-9-6-15(38-13-22(36)35(5-2)28-31-30-14-39-28)10-17(21)24-18-11-29-27(37)25(18)23-16(26(24)34)7-8-20-19(23)12-33(3)32-20/h6,9-10,12,14H,4-5,7-8,11,13H2,1-3H3,(H,29,37). The number of rotatable bonds is 6. The van der Waals surface area contributed by atoms with Gasteiger partial charge in [0.15, 0.2) is 6.61 Å². The molecule has 39 heavy (non-hydrogen) atoms. The Hall–Kier alpha value is -4.25. The molecular weight excluding hydrogens is 514 g/mol. The molecule has 4 heterocycles. The van der Waals surface area contributed by atoms with Crippen molar-refractivity contribution >= 4 is 50.1 Å². The van der Waals surface area contributed by atoms with Crippen LogP contribution in [0.5, 0.6) is 5.75 Å². The molecule has 0 atom stereocenters. The highest BCUT2D eigenvalue weighted by Gasteiger charge is 2.35. The Morgan fingerprint density at radius 2 is 2.08 bits per heavy atom. The van der Waals surface area contributed by atoms with Crippen LogP contribution < -0.4 is 15.0 Å². The van der Waals surface area contributed by atoms with Crippen molar-refractivity contribution < 1.29 is 14.3 Å². The van der Waals surface area contributed by atoms with Gasteiger partial charge < -0.3 is 14.6 Å². The van der Waals surface area contributed by atoms with Crippen molar-refractivity contribution in [3.63, 3.8) is 0 Å². The van der Waals surface area contributed by atoms with E-state index in [1.807, 2.05) is 37.0 Å². The minimum absolute atomic E-state index is 0.0356. The molecule has 10 nitrogen and oxygen atoms in total. The van der Waals surface area contributed by atoms with Gasteiger partial charge in [-0.1, -0.05) is 11.3 Å². The molecule has 1 aliphatic carbocycles. The van der Waals surface area contributed by atoms with Crippen LogP contribution in [0.2, 0.25) is 0 Å². The van der Waals surface area contributed by atoms with Gasteiger partial charge in [0, 0.05) is 60.3 Å². The Morgan fingerprint density at radius 3 is 2.85 bits per heavy atom. The fourth-order valence-corrected chi connectivity index (χ4v) is 6.88. The van der Waals surface area contributed by atoms with Crippen molar-refractivity contribution in [2.45, 2.75) is 39.8 Å². The first-order chi connectivity index (χ1) is 19.0. The number of nitrogens with one attached hydrogen (secondary N) is 1. The number of carbonyl (C=O) groups is 2. The summed E-state index contributed by atoms with van der Waals surface area (Å²) in [5.41, 5.74) is 9.97. The second kappa shape index (κ2) is 8.91. The van der Waals surface area contributed by atoms with Crippen LogP contribution in [0.25, 0.3) is 32.9 Å². The molecule has 198 valence electrons. The number of amides is 2. The molecule has 11 heteroatoms. The Balaban J connectivity index is 1.37. The average molecular weight is 542 g/mol. The summed E-state index contributed by atoms with van der Waals surface area (Å²) in [6.45, 7) is 5.69. The third-order valence-corrected chi connectivity index (χ3v) is 8.50. The third-order valence-electron chi connectivity index (χ3n) is 7.79. The van der Waals surface area contributed by atoms with Crippen LogP contribution in [-0.2, 0) is 37.8 Å². The molecule has 0 bridgehead atoms. The number of likely N-dealkylation sites (N-methyl/N-ethyl adjacent to an activating group) is 1. The lowest BCUT2D eigenvalue weighted by Crippen LogP contribution is -2.34. The molecular formula is C28H27N7O3S. The van der Waals surface area contributed by atoms with Crippen LogP contribution in [0.15, 0.2) is 29.9 Å². The maximum Gasteiger partial charge on any atom is 0.266 e. The average Bonchev–Trinajstić information content (AvgIpc) is 3.72. The van der Waals surface area contributed by atoms with E-state index in [4.69, 9.17) is 4.74 Å². The number of aryl methyl sites for hydroxylation is 4. The molecule has 1 aliphatic heterocycles. The number of anilines is 1. The Bertz CT molecular complexity index is 1800. The number of ether oxygens (including phenoxy) is 1. The molecule has 2 aromatic carbocycles. The summed E-state index contributed by atoms with van der Waals surface area (Å²) in [5.74, 6) is 0.395. The van der Waals surface area contributed by atoms with Crippen molar-refractivity contribution in [2.75, 3.05) is 18.1 Å². The third kappa shape index (κ3) is 3.49. The van der Waals surface area contributed by atoms with Gasteiger partial charge in [0.25, 0.3) is 11.8 Å². The van der Waals surface area contributed by atoms with Gasteiger partial charge in [-0.15, -0.1) is 10.2 Å². The predicted molar refractivity (Wildman–Crippen MR) is 149 cm³/mol. The highest BCUT2D eigenvalue weighted by molar-refractivity contribution is 7.13. The number of benzene rings is 2. The molecule has 0 saturated carbocycles. The quantitative estimate of drug-likeness (QED) is 0.350. The van der Waals surface area contributed by atoms with E-state index in [1.165, 1.54) is 22.4 Å². The van der Waals surface area contributed by atoms with Gasteiger partial charge >= 0.3 is 0 Å². The van der Waals surface area contributed by atoms with Crippen LogP contribution in [0.4, 0.5) is 5.13 Å². The fourth-order valence-electron chi connectivity index (χ4n) is 6.24. The maximum atomic E-state index is 13.2. The lowest BCUT2D eigenvalue weighted by Gasteiger charge is -2.21. The molecule has 2 amide bonds. The van der Waals surface area contributed by atoms with Crippen LogP contribution in [0, 0.1) is 0 Å². The van der Waals surface area contributed by atoms with Gasteiger partial charge in [-0.3, -0.25) is 19.2 Å². The predicted octanol–water partition coefficient (Wildman–Crippen LogP) is 3.84. The lowest BCUT2D eigenvalue weighted by molar-refractivity contribution is -0.120. The van der Waals surface area contributed by atoms with Gasteiger partial charge in [-0.2, -0.15) is 5.10 Å². The molecule has 0 fully saturated rings. The van der Waals surface area contributed by atoms with E-state index in [9.17, 15) is 9.59 Å². The highest BCUT2D eigenvalue weighted by Crippen LogP contribution is 2.47. The highest BCUT2D eigenvalue weighted by atomic mass is 32.1. The topological polar surface area (TPSA) is 107 Å². The largest absolute Gasteiger partial charge is 0.484 e. The van der Waals surface area contributed by atoms with Crippen molar-refractivity contribution in [3.8, 4) is 16.9 Å². The van der Waals surface area contributed by atoms with E-state index in [0.29, 0.717) is 24.0 Å². The maximum absolute atomic E-state index is 13.2. The summed E-state index contributed by atoms with van der Waals surface area (Å²) in [7, 11) is 1.93. The van der Waals surface area contributed by atoms with E-state index in [0.717, 1.165) is 63.6 Å². The normalized spacial score (nSPS) is 13.9. The van der Waals surface area contributed by atoms with E-state index in [-0.39, 0.29) is 18.4 Å². The minimum atomic E-state index is -0.178. The van der Waals surface area contributed by atoms with E-state index >= 15 is 0 Å². The number of aromatic nitrogens is 5. The zero-order valence-electron chi connectivity index (χ0n) is 21.9. The number of nitrogens with zero attached hydrogens (tertiary/aromatic N) is 6. The molecule has 0 radical (unpaired) electrons. The summed E-state index contributed by atoms with van der Waals surface area (Å²) in [6.07, 6.45) is 3.69. The molecule has 0 unspecified atom stereocenters. The van der Waals surface area contributed by atoms with Crippen LogP contribution in [0.1, 0.15) is 41.0 Å². The van der Waals surface area contributed by atoms with Crippen molar-refractivity contribution in [2.24, 2.45) is 7.05 Å². The first-order valence-electron chi connectivity index (χ1n) is 13.1. The molecule has 0 saturated heterocycles. The summed E-state index contributed by atoms with van der Waals surface area (Å²) in [4.78, 5) is 27.7. The number of hydrogen-bond donors (Lipinski definition) is 1. The fraction of sp³-hybridized carbons (Fsp3) is 0.321. The molecule has 7 rings (SSSR count). The Labute approximate surface area is 228 Å². The first-order valence-corrected chi connectivity index (χ1v) is 14.0. The summed E-state index contributed by atoms with van der Waals surface area (Å²) in [6, 6.07) is 5.98. The summed E-state index contributed by atoms with van der Waals surface area (Å²) < 4.78 is 10.2. The SMILES string of the molecule is CCN(C(=O)COc1ccc2c(c1)c1c3c(c4c(c1n2CC)CCc1nn(C)cc1-4)C(=O)NC3)c1nncs1.